The van der Waals surface area contributed by atoms with Crippen LogP contribution in [0.3, 0.4) is 0 Å². The Hall–Kier alpha value is -2.92. The number of benzene rings is 2. The van der Waals surface area contributed by atoms with E-state index in [1.54, 1.807) is 18.2 Å². The largest absolute Gasteiger partial charge is 0.452 e. The molecule has 0 aliphatic heterocycles. The Balaban J connectivity index is 1.89. The van der Waals surface area contributed by atoms with Crippen molar-refractivity contribution in [1.82, 2.24) is 10.3 Å². The van der Waals surface area contributed by atoms with Gasteiger partial charge in [-0.1, -0.05) is 48.9 Å². The quantitative estimate of drug-likeness (QED) is 0.617. The van der Waals surface area contributed by atoms with Crippen LogP contribution in [0.1, 0.15) is 30.6 Å². The highest BCUT2D eigenvalue weighted by atomic mass is 35.5. The van der Waals surface area contributed by atoms with E-state index >= 15 is 0 Å². The van der Waals surface area contributed by atoms with E-state index in [-0.39, 0.29) is 18.6 Å². The van der Waals surface area contributed by atoms with Crippen LogP contribution >= 0.6 is 11.6 Å². The summed E-state index contributed by atoms with van der Waals surface area (Å²) >= 11 is 5.96. The molecule has 0 radical (unpaired) electrons. The summed E-state index contributed by atoms with van der Waals surface area (Å²) in [4.78, 5) is 29.3. The molecule has 2 aromatic carbocycles. The number of carbonyl (C=O) groups is 2. The normalized spacial score (nSPS) is 11.8. The highest BCUT2D eigenvalue weighted by molar-refractivity contribution is 6.30. The molecule has 3 aromatic rings. The summed E-state index contributed by atoms with van der Waals surface area (Å²) in [6, 6.07) is 16.3. The second-order valence-corrected chi connectivity index (χ2v) is 6.97. The molecule has 144 valence electrons. The number of halogens is 1. The van der Waals surface area contributed by atoms with Gasteiger partial charge in [0.25, 0.3) is 5.91 Å². The van der Waals surface area contributed by atoms with Crippen molar-refractivity contribution >= 4 is 34.4 Å². The zero-order chi connectivity index (χ0) is 20.1. The van der Waals surface area contributed by atoms with Crippen molar-refractivity contribution in [2.24, 2.45) is 0 Å². The molecule has 0 saturated heterocycles. The number of ether oxygens (including phenoxy) is 1. The first-order valence-electron chi connectivity index (χ1n) is 9.10. The smallest absolute Gasteiger partial charge is 0.339 e. The summed E-state index contributed by atoms with van der Waals surface area (Å²) in [6.45, 7) is 3.54. The van der Waals surface area contributed by atoms with E-state index in [9.17, 15) is 9.59 Å². The van der Waals surface area contributed by atoms with Crippen molar-refractivity contribution in [2.45, 2.75) is 26.3 Å². The zero-order valence-electron chi connectivity index (χ0n) is 15.7. The molecule has 0 aliphatic carbocycles. The van der Waals surface area contributed by atoms with E-state index < -0.39 is 5.97 Å². The maximum absolute atomic E-state index is 12.7. The number of amides is 1. The Morgan fingerprint density at radius 1 is 1.14 bits per heavy atom. The second kappa shape index (κ2) is 8.85. The molecule has 5 nitrogen and oxygen atoms in total. The number of nitrogens with one attached hydrogen (secondary N) is 1. The van der Waals surface area contributed by atoms with Crippen LogP contribution < -0.4 is 5.32 Å². The lowest BCUT2D eigenvalue weighted by Gasteiger charge is -2.12. The highest BCUT2D eigenvalue weighted by Crippen LogP contribution is 2.26. The van der Waals surface area contributed by atoms with Gasteiger partial charge in [-0.2, -0.15) is 0 Å². The van der Waals surface area contributed by atoms with Crippen LogP contribution in [0, 0.1) is 0 Å². The fourth-order valence-corrected chi connectivity index (χ4v) is 2.87. The van der Waals surface area contributed by atoms with Crippen molar-refractivity contribution in [3.8, 4) is 11.3 Å². The van der Waals surface area contributed by atoms with Gasteiger partial charge in [0.1, 0.15) is 0 Å². The molecule has 1 atom stereocenters. The van der Waals surface area contributed by atoms with E-state index in [0.717, 1.165) is 12.0 Å². The van der Waals surface area contributed by atoms with Crippen LogP contribution in [0.4, 0.5) is 0 Å². The van der Waals surface area contributed by atoms with E-state index in [1.165, 1.54) is 0 Å². The number of para-hydroxylation sites is 1. The highest BCUT2D eigenvalue weighted by Gasteiger charge is 2.17. The fourth-order valence-electron chi connectivity index (χ4n) is 2.74. The number of aromatic nitrogens is 1. The molecule has 0 fully saturated rings. The molecule has 0 bridgehead atoms. The third kappa shape index (κ3) is 4.67. The lowest BCUT2D eigenvalue weighted by Crippen LogP contribution is -2.35. The van der Waals surface area contributed by atoms with Crippen molar-refractivity contribution in [2.75, 3.05) is 6.61 Å². The number of pyridine rings is 1. The topological polar surface area (TPSA) is 68.3 Å². The van der Waals surface area contributed by atoms with Crippen LogP contribution in [0.2, 0.25) is 5.02 Å². The number of nitrogens with zero attached hydrogens (tertiary/aromatic N) is 1. The van der Waals surface area contributed by atoms with Crippen molar-refractivity contribution in [3.63, 3.8) is 0 Å². The monoisotopic (exact) mass is 396 g/mol. The van der Waals surface area contributed by atoms with Gasteiger partial charge >= 0.3 is 5.97 Å². The molecule has 0 aliphatic rings. The second-order valence-electron chi connectivity index (χ2n) is 6.53. The minimum absolute atomic E-state index is 0.0319. The van der Waals surface area contributed by atoms with Crippen molar-refractivity contribution < 1.29 is 14.3 Å². The van der Waals surface area contributed by atoms with Crippen LogP contribution in [0.15, 0.2) is 54.6 Å². The average Bonchev–Trinajstić information content (AvgIpc) is 2.71. The predicted octanol–water partition coefficient (Wildman–Crippen LogP) is 4.63. The van der Waals surface area contributed by atoms with Crippen LogP contribution in [-0.4, -0.2) is 29.5 Å². The number of rotatable bonds is 6. The summed E-state index contributed by atoms with van der Waals surface area (Å²) < 4.78 is 5.25. The van der Waals surface area contributed by atoms with Gasteiger partial charge in [-0.05, 0) is 37.6 Å². The van der Waals surface area contributed by atoms with Gasteiger partial charge in [0.2, 0.25) is 0 Å². The molecule has 1 amide bonds. The van der Waals surface area contributed by atoms with Gasteiger partial charge in [-0.15, -0.1) is 0 Å². The van der Waals surface area contributed by atoms with Crippen molar-refractivity contribution in [3.05, 3.63) is 65.2 Å². The van der Waals surface area contributed by atoms with Crippen molar-refractivity contribution in [1.29, 1.82) is 0 Å². The lowest BCUT2D eigenvalue weighted by molar-refractivity contribution is -0.124. The first-order valence-corrected chi connectivity index (χ1v) is 9.48. The molecule has 3 rings (SSSR count). The van der Waals surface area contributed by atoms with E-state index in [1.807, 2.05) is 50.2 Å². The molecule has 6 heteroatoms. The SMILES string of the molecule is CC[C@H](C)NC(=O)COC(=O)c1cc(-c2ccc(Cl)cc2)nc2ccccc12. The Morgan fingerprint density at radius 2 is 1.86 bits per heavy atom. The van der Waals surface area contributed by atoms with Gasteiger partial charge in [0.05, 0.1) is 16.8 Å². The predicted molar refractivity (Wildman–Crippen MR) is 110 cm³/mol. The third-order valence-corrected chi connectivity index (χ3v) is 4.68. The molecule has 0 unspecified atom stereocenters. The number of carbonyl (C=O) groups excluding carboxylic acids is 2. The number of hydrogen-bond donors (Lipinski definition) is 1. The molecule has 1 aromatic heterocycles. The molecule has 0 saturated carbocycles. The molecule has 0 spiro atoms. The Kier molecular flexibility index (Phi) is 6.26. The molecule has 1 N–H and O–H groups in total. The standard InChI is InChI=1S/C22H21ClN2O3/c1-3-14(2)24-21(26)13-28-22(27)18-12-20(15-8-10-16(23)11-9-15)25-19-7-5-4-6-17(18)19/h4-12,14H,3,13H2,1-2H3,(H,24,26)/t14-/m0/s1. The molecule has 1 heterocycles. The number of esters is 1. The lowest BCUT2D eigenvalue weighted by atomic mass is 10.0. The van der Waals surface area contributed by atoms with Crippen LogP contribution in [0.25, 0.3) is 22.2 Å². The summed E-state index contributed by atoms with van der Waals surface area (Å²) in [5.74, 6) is -0.882. The first-order chi connectivity index (χ1) is 13.5. The minimum Gasteiger partial charge on any atom is -0.452 e. The van der Waals surface area contributed by atoms with Gasteiger partial charge in [0.15, 0.2) is 6.61 Å². The maximum atomic E-state index is 12.7. The maximum Gasteiger partial charge on any atom is 0.339 e. The van der Waals surface area contributed by atoms with Crippen LogP contribution in [0.5, 0.6) is 0 Å². The van der Waals surface area contributed by atoms with Gasteiger partial charge in [-0.25, -0.2) is 9.78 Å². The first kappa shape index (κ1) is 19.8. The third-order valence-electron chi connectivity index (χ3n) is 4.43. The van der Waals surface area contributed by atoms with E-state index in [0.29, 0.717) is 27.2 Å². The summed E-state index contributed by atoms with van der Waals surface area (Å²) in [6.07, 6.45) is 0.805. The number of fused-ring (bicyclic) bond motifs is 1. The summed E-state index contributed by atoms with van der Waals surface area (Å²) in [5, 5.41) is 4.07. The Bertz CT molecular complexity index is 1000. The van der Waals surface area contributed by atoms with E-state index in [4.69, 9.17) is 16.3 Å². The molecular formula is C22H21ClN2O3. The molecule has 28 heavy (non-hydrogen) atoms. The Labute approximate surface area is 168 Å². The van der Waals surface area contributed by atoms with Gasteiger partial charge in [0, 0.05) is 22.0 Å². The van der Waals surface area contributed by atoms with E-state index in [2.05, 4.69) is 10.3 Å². The summed E-state index contributed by atoms with van der Waals surface area (Å²) in [7, 11) is 0. The van der Waals surface area contributed by atoms with Crippen LogP contribution in [-0.2, 0) is 9.53 Å². The zero-order valence-corrected chi connectivity index (χ0v) is 16.5. The minimum atomic E-state index is -0.562. The fraction of sp³-hybridized carbons (Fsp3) is 0.227. The number of hydrogen-bond acceptors (Lipinski definition) is 4. The van der Waals surface area contributed by atoms with Gasteiger partial charge in [-0.3, -0.25) is 4.79 Å². The Morgan fingerprint density at radius 3 is 2.57 bits per heavy atom. The van der Waals surface area contributed by atoms with Gasteiger partial charge < -0.3 is 10.1 Å². The average molecular weight is 397 g/mol. The summed E-state index contributed by atoms with van der Waals surface area (Å²) in [5.41, 5.74) is 2.50. The molecular weight excluding hydrogens is 376 g/mol.